The van der Waals surface area contributed by atoms with Crippen LogP contribution < -0.4 is 0 Å². The second kappa shape index (κ2) is 5.37. The molecule has 0 unspecified atom stereocenters. The Morgan fingerprint density at radius 3 is 2.29 bits per heavy atom. The van der Waals surface area contributed by atoms with Crippen molar-refractivity contribution in [2.75, 3.05) is 34.2 Å². The van der Waals surface area contributed by atoms with E-state index < -0.39 is 0 Å². The van der Waals surface area contributed by atoms with Gasteiger partial charge in [-0.15, -0.1) is 0 Å². The third-order valence-electron chi connectivity index (χ3n) is 1.77. The predicted molar refractivity (Wildman–Crippen MR) is 59.9 cm³/mol. The fourth-order valence-corrected chi connectivity index (χ4v) is 1.26. The van der Waals surface area contributed by atoms with Crippen LogP contribution in [-0.2, 0) is 4.79 Å². The fourth-order valence-electron chi connectivity index (χ4n) is 0.993. The van der Waals surface area contributed by atoms with Crippen LogP contribution in [0.5, 0.6) is 0 Å². The molecule has 0 aliphatic rings. The van der Waals surface area contributed by atoms with Gasteiger partial charge in [-0.25, -0.2) is 0 Å². The summed E-state index contributed by atoms with van der Waals surface area (Å²) in [5.74, 6) is -0.187. The van der Waals surface area contributed by atoms with Gasteiger partial charge in [-0.05, 0) is 6.92 Å². The third-order valence-corrected chi connectivity index (χ3v) is 2.09. The Hall–Kier alpha value is -0.540. The van der Waals surface area contributed by atoms with Crippen molar-refractivity contribution in [1.29, 1.82) is 0 Å². The minimum absolute atomic E-state index is 0.187. The smallest absolute Gasteiger partial charge is 0.263 e. The number of quaternary nitrogens is 1. The molecule has 0 aromatic heterocycles. The van der Waals surface area contributed by atoms with Gasteiger partial charge >= 0.3 is 0 Å². The Kier molecular flexibility index (Phi) is 5.16. The van der Waals surface area contributed by atoms with Gasteiger partial charge in [-0.3, -0.25) is 9.21 Å². The molecule has 0 rings (SSSR count). The molecule has 0 aliphatic heterocycles. The average molecular weight is 220 g/mol. The molecule has 4 heteroatoms. The van der Waals surface area contributed by atoms with E-state index in [1.54, 1.807) is 6.92 Å². The summed E-state index contributed by atoms with van der Waals surface area (Å²) in [5.41, 5.74) is 0.477. The summed E-state index contributed by atoms with van der Waals surface area (Å²) >= 11 is 5.77. The fraction of sp³-hybridized carbons (Fsp3) is 0.700. The zero-order valence-corrected chi connectivity index (χ0v) is 10.3. The maximum atomic E-state index is 11.3. The second-order valence-corrected chi connectivity index (χ2v) is 4.95. The molecule has 0 radical (unpaired) electrons. The zero-order valence-electron chi connectivity index (χ0n) is 9.51. The number of amides is 1. The van der Waals surface area contributed by atoms with Crippen LogP contribution in [0, 0.1) is 0 Å². The third kappa shape index (κ3) is 6.00. The van der Waals surface area contributed by atoms with E-state index in [4.69, 9.17) is 11.8 Å². The molecule has 0 saturated heterocycles. The zero-order chi connectivity index (χ0) is 11.4. The van der Waals surface area contributed by atoms with Crippen LogP contribution in [0.15, 0.2) is 12.2 Å². The van der Waals surface area contributed by atoms with Crippen molar-refractivity contribution in [2.45, 2.75) is 13.3 Å². The Labute approximate surface area is 91.6 Å². The van der Waals surface area contributed by atoms with Crippen molar-refractivity contribution in [3.63, 3.8) is 0 Å². The van der Waals surface area contributed by atoms with Crippen LogP contribution in [0.25, 0.3) is 0 Å². The highest BCUT2D eigenvalue weighted by atomic mass is 35.5. The normalized spacial score (nSPS) is 11.2. The van der Waals surface area contributed by atoms with Crippen LogP contribution in [0.1, 0.15) is 13.3 Å². The van der Waals surface area contributed by atoms with Crippen LogP contribution in [-0.4, -0.2) is 49.0 Å². The van der Waals surface area contributed by atoms with Crippen LogP contribution in [0.4, 0.5) is 0 Å². The second-order valence-electron chi connectivity index (χ2n) is 4.54. The van der Waals surface area contributed by atoms with E-state index in [0.29, 0.717) is 12.1 Å². The van der Waals surface area contributed by atoms with E-state index in [9.17, 15) is 4.79 Å². The number of carbonyl (C=O) groups excluding carboxylic acids is 1. The summed E-state index contributed by atoms with van der Waals surface area (Å²) in [6.07, 6.45) is 0.895. The molecular formula is C10H20ClN2O+. The van der Waals surface area contributed by atoms with Gasteiger partial charge in [0.2, 0.25) is 0 Å². The van der Waals surface area contributed by atoms with Gasteiger partial charge in [0.05, 0.1) is 27.7 Å². The van der Waals surface area contributed by atoms with E-state index in [2.05, 4.69) is 27.7 Å². The molecule has 0 saturated carbocycles. The highest BCUT2D eigenvalue weighted by Gasteiger charge is 2.13. The maximum Gasteiger partial charge on any atom is 0.263 e. The SMILES string of the molecule is C=C(C)C(=O)N(Cl)CCC[N+](C)(C)C. The number of nitrogens with zero attached hydrogens (tertiary/aromatic N) is 2. The van der Waals surface area contributed by atoms with Gasteiger partial charge in [-0.1, -0.05) is 6.58 Å². The molecule has 0 aromatic rings. The Morgan fingerprint density at radius 1 is 1.43 bits per heavy atom. The molecule has 82 valence electrons. The topological polar surface area (TPSA) is 20.3 Å². The molecular weight excluding hydrogens is 200 g/mol. The predicted octanol–water partition coefficient (Wildman–Crippen LogP) is 1.64. The van der Waals surface area contributed by atoms with Crippen LogP contribution >= 0.6 is 11.8 Å². The van der Waals surface area contributed by atoms with Gasteiger partial charge in [0.25, 0.3) is 5.91 Å². The van der Waals surface area contributed by atoms with E-state index >= 15 is 0 Å². The van der Waals surface area contributed by atoms with Crippen molar-refractivity contribution in [3.05, 3.63) is 12.2 Å². The summed E-state index contributed by atoms with van der Waals surface area (Å²) in [5, 5.41) is 0. The molecule has 0 aromatic carbocycles. The molecule has 0 N–H and O–H groups in total. The minimum atomic E-state index is -0.187. The molecule has 0 heterocycles. The molecule has 0 fully saturated rings. The lowest BCUT2D eigenvalue weighted by atomic mass is 10.3. The van der Waals surface area contributed by atoms with Crippen molar-refractivity contribution in [1.82, 2.24) is 4.42 Å². The molecule has 3 nitrogen and oxygen atoms in total. The first kappa shape index (κ1) is 13.5. The van der Waals surface area contributed by atoms with E-state index in [1.165, 1.54) is 4.42 Å². The quantitative estimate of drug-likeness (QED) is 0.391. The van der Waals surface area contributed by atoms with Gasteiger partial charge in [-0.2, -0.15) is 0 Å². The first-order valence-electron chi connectivity index (χ1n) is 4.67. The molecule has 0 bridgehead atoms. The molecule has 0 spiro atoms. The largest absolute Gasteiger partial charge is 0.331 e. The monoisotopic (exact) mass is 219 g/mol. The number of halogens is 1. The van der Waals surface area contributed by atoms with E-state index in [0.717, 1.165) is 17.4 Å². The average Bonchev–Trinajstić information content (AvgIpc) is 2.00. The first-order valence-corrected chi connectivity index (χ1v) is 5.01. The number of rotatable bonds is 5. The lowest BCUT2D eigenvalue weighted by Crippen LogP contribution is -2.37. The molecule has 0 atom stereocenters. The molecule has 0 aliphatic carbocycles. The van der Waals surface area contributed by atoms with E-state index in [-0.39, 0.29) is 5.91 Å². The van der Waals surface area contributed by atoms with Gasteiger partial charge in [0.1, 0.15) is 0 Å². The summed E-state index contributed by atoms with van der Waals surface area (Å²) in [4.78, 5) is 11.3. The van der Waals surface area contributed by atoms with Crippen molar-refractivity contribution < 1.29 is 9.28 Å². The number of hydrogen-bond acceptors (Lipinski definition) is 1. The van der Waals surface area contributed by atoms with Crippen molar-refractivity contribution in [3.8, 4) is 0 Å². The van der Waals surface area contributed by atoms with E-state index in [1.807, 2.05) is 0 Å². The summed E-state index contributed by atoms with van der Waals surface area (Å²) < 4.78 is 2.09. The summed E-state index contributed by atoms with van der Waals surface area (Å²) in [6, 6.07) is 0. The maximum absolute atomic E-state index is 11.3. The minimum Gasteiger partial charge on any atom is -0.331 e. The highest BCUT2D eigenvalue weighted by Crippen LogP contribution is 2.04. The molecule has 14 heavy (non-hydrogen) atoms. The number of hydrogen-bond donors (Lipinski definition) is 0. The highest BCUT2D eigenvalue weighted by molar-refractivity contribution is 6.23. The molecule has 1 amide bonds. The van der Waals surface area contributed by atoms with Crippen LogP contribution in [0.2, 0.25) is 0 Å². The number of carbonyl (C=O) groups is 1. The van der Waals surface area contributed by atoms with Crippen molar-refractivity contribution >= 4 is 17.7 Å². The lowest BCUT2D eigenvalue weighted by Gasteiger charge is -2.24. The summed E-state index contributed by atoms with van der Waals surface area (Å²) in [6.45, 7) is 6.78. The lowest BCUT2D eigenvalue weighted by molar-refractivity contribution is -0.870. The Morgan fingerprint density at radius 2 is 1.93 bits per heavy atom. The van der Waals surface area contributed by atoms with Crippen molar-refractivity contribution in [2.24, 2.45) is 0 Å². The Balaban J connectivity index is 3.81. The van der Waals surface area contributed by atoms with Gasteiger partial charge in [0.15, 0.2) is 0 Å². The van der Waals surface area contributed by atoms with Gasteiger partial charge < -0.3 is 4.48 Å². The standard InChI is InChI=1S/C10H20ClN2O/c1-9(2)10(14)12(11)7-6-8-13(3,4)5/h1,6-8H2,2-5H3/q+1. The van der Waals surface area contributed by atoms with Crippen LogP contribution in [0.3, 0.4) is 0 Å². The van der Waals surface area contributed by atoms with Gasteiger partial charge in [0, 0.05) is 30.3 Å². The Bertz CT molecular complexity index is 221. The summed E-state index contributed by atoms with van der Waals surface area (Å²) in [7, 11) is 6.33. The first-order chi connectivity index (χ1) is 6.24.